The van der Waals surface area contributed by atoms with E-state index in [1.54, 1.807) is 68.4 Å². The average molecular weight is 651 g/mol. The van der Waals surface area contributed by atoms with Crippen molar-refractivity contribution in [2.45, 2.75) is 69.5 Å². The van der Waals surface area contributed by atoms with Crippen LogP contribution >= 0.6 is 34.8 Å². The highest BCUT2D eigenvalue weighted by Crippen LogP contribution is 2.31. The second kappa shape index (κ2) is 14.1. The number of carbonyl (C=O) groups is 2. The van der Waals surface area contributed by atoms with Gasteiger partial charge in [0, 0.05) is 27.7 Å². The molecule has 0 bridgehead atoms. The molecule has 1 saturated carbocycles. The highest BCUT2D eigenvalue weighted by molar-refractivity contribution is 7.92. The quantitative estimate of drug-likeness (QED) is 0.256. The van der Waals surface area contributed by atoms with Crippen LogP contribution in [0.15, 0.2) is 71.6 Å². The van der Waals surface area contributed by atoms with Crippen molar-refractivity contribution in [2.75, 3.05) is 10.8 Å². The second-order valence-corrected chi connectivity index (χ2v) is 13.6. The first-order valence-electron chi connectivity index (χ1n) is 13.9. The number of hydrogen-bond donors (Lipinski definition) is 1. The van der Waals surface area contributed by atoms with Gasteiger partial charge in [-0.05, 0) is 74.2 Å². The van der Waals surface area contributed by atoms with E-state index in [1.165, 1.54) is 17.0 Å². The van der Waals surface area contributed by atoms with Gasteiger partial charge in [0.15, 0.2) is 0 Å². The second-order valence-electron chi connectivity index (χ2n) is 10.5. The zero-order valence-electron chi connectivity index (χ0n) is 23.5. The van der Waals surface area contributed by atoms with Gasteiger partial charge in [0.1, 0.15) is 12.6 Å². The average Bonchev–Trinajstić information content (AvgIpc) is 2.97. The zero-order valence-corrected chi connectivity index (χ0v) is 26.6. The molecule has 224 valence electrons. The summed E-state index contributed by atoms with van der Waals surface area (Å²) in [5.74, 6) is -0.886. The molecule has 2 amide bonds. The van der Waals surface area contributed by atoms with Crippen LogP contribution < -0.4 is 9.62 Å². The van der Waals surface area contributed by atoms with Crippen molar-refractivity contribution in [3.05, 3.63) is 92.9 Å². The lowest BCUT2D eigenvalue weighted by Gasteiger charge is -2.33. The lowest BCUT2D eigenvalue weighted by atomic mass is 9.95. The third-order valence-electron chi connectivity index (χ3n) is 7.59. The molecule has 42 heavy (non-hydrogen) atoms. The molecule has 0 radical (unpaired) electrons. The summed E-state index contributed by atoms with van der Waals surface area (Å²) >= 11 is 18.9. The van der Waals surface area contributed by atoms with Gasteiger partial charge < -0.3 is 10.2 Å². The Morgan fingerprint density at radius 3 is 2.29 bits per heavy atom. The van der Waals surface area contributed by atoms with E-state index in [4.69, 9.17) is 34.8 Å². The minimum atomic E-state index is -4.19. The summed E-state index contributed by atoms with van der Waals surface area (Å²) in [5.41, 5.74) is 1.34. The van der Waals surface area contributed by atoms with Crippen LogP contribution in [0, 0.1) is 6.92 Å². The predicted molar refractivity (Wildman–Crippen MR) is 169 cm³/mol. The number of nitrogens with zero attached hydrogens (tertiary/aromatic N) is 2. The van der Waals surface area contributed by atoms with Crippen LogP contribution in [0.25, 0.3) is 0 Å². The number of nitrogens with one attached hydrogen (secondary N) is 1. The Morgan fingerprint density at radius 2 is 1.62 bits per heavy atom. The SMILES string of the molecule is Cc1c(Cl)cccc1N(CC(=O)N(Cc1ccc(Cl)cc1Cl)[C@H](C)C(=O)NC1CCCCC1)S(=O)(=O)c1ccccc1. The summed E-state index contributed by atoms with van der Waals surface area (Å²) in [4.78, 5) is 29.0. The van der Waals surface area contributed by atoms with E-state index in [0.717, 1.165) is 36.4 Å². The summed E-state index contributed by atoms with van der Waals surface area (Å²) in [7, 11) is -4.19. The van der Waals surface area contributed by atoms with Crippen molar-refractivity contribution in [2.24, 2.45) is 0 Å². The van der Waals surface area contributed by atoms with Crippen molar-refractivity contribution in [1.82, 2.24) is 10.2 Å². The number of halogens is 3. The molecule has 0 aromatic heterocycles. The van der Waals surface area contributed by atoms with E-state index >= 15 is 0 Å². The Kier molecular flexibility index (Phi) is 10.8. The van der Waals surface area contributed by atoms with Gasteiger partial charge in [-0.15, -0.1) is 0 Å². The Labute approximate surface area is 262 Å². The first-order chi connectivity index (χ1) is 20.0. The molecule has 1 aliphatic rings. The van der Waals surface area contributed by atoms with Gasteiger partial charge >= 0.3 is 0 Å². The van der Waals surface area contributed by atoms with Gasteiger partial charge in [0.2, 0.25) is 11.8 Å². The van der Waals surface area contributed by atoms with Crippen LogP contribution in [0.4, 0.5) is 5.69 Å². The van der Waals surface area contributed by atoms with E-state index < -0.39 is 28.5 Å². The van der Waals surface area contributed by atoms with Gasteiger partial charge in [-0.1, -0.05) is 84.4 Å². The van der Waals surface area contributed by atoms with Crippen LogP contribution in [0.5, 0.6) is 0 Å². The predicted octanol–water partition coefficient (Wildman–Crippen LogP) is 7.02. The highest BCUT2D eigenvalue weighted by Gasteiger charge is 2.34. The van der Waals surface area contributed by atoms with Crippen molar-refractivity contribution >= 4 is 62.3 Å². The standard InChI is InChI=1S/C31H34Cl3N3O4S/c1-21-27(33)14-9-15-29(21)37(42(40,41)26-12-7-4-8-13-26)20-30(38)36(19-23-16-17-24(32)18-28(23)34)22(2)31(39)35-25-10-5-3-6-11-25/h4,7-9,12-18,22,25H,3,5-6,10-11,19-20H2,1-2H3,(H,35,39)/t22-/m1/s1. The van der Waals surface area contributed by atoms with Gasteiger partial charge in [0.05, 0.1) is 10.6 Å². The van der Waals surface area contributed by atoms with Crippen LogP contribution in [0.3, 0.4) is 0 Å². The number of amides is 2. The molecule has 0 heterocycles. The van der Waals surface area contributed by atoms with Crippen LogP contribution in [-0.2, 0) is 26.2 Å². The summed E-state index contributed by atoms with van der Waals surface area (Å²) in [5, 5.41) is 4.21. The van der Waals surface area contributed by atoms with Crippen LogP contribution in [-0.4, -0.2) is 43.8 Å². The van der Waals surface area contributed by atoms with E-state index in [2.05, 4.69) is 5.32 Å². The molecule has 3 aromatic carbocycles. The molecule has 0 aliphatic heterocycles. The molecule has 11 heteroatoms. The van der Waals surface area contributed by atoms with E-state index in [9.17, 15) is 18.0 Å². The van der Waals surface area contributed by atoms with E-state index in [1.807, 2.05) is 0 Å². The summed E-state index contributed by atoms with van der Waals surface area (Å²) in [6.45, 7) is 2.74. The monoisotopic (exact) mass is 649 g/mol. The molecule has 1 atom stereocenters. The van der Waals surface area contributed by atoms with Crippen molar-refractivity contribution in [3.8, 4) is 0 Å². The number of hydrogen-bond acceptors (Lipinski definition) is 4. The maximum absolute atomic E-state index is 14.2. The topological polar surface area (TPSA) is 86.8 Å². The van der Waals surface area contributed by atoms with E-state index in [-0.39, 0.29) is 29.1 Å². The summed E-state index contributed by atoms with van der Waals surface area (Å²) in [6, 6.07) is 16.8. The lowest BCUT2D eigenvalue weighted by Crippen LogP contribution is -2.53. The molecule has 0 spiro atoms. The fraction of sp³-hybridized carbons (Fsp3) is 0.355. The number of anilines is 1. The minimum absolute atomic E-state index is 0.0209. The van der Waals surface area contributed by atoms with Gasteiger partial charge in [0.25, 0.3) is 10.0 Å². The number of benzene rings is 3. The molecule has 4 rings (SSSR count). The van der Waals surface area contributed by atoms with Gasteiger partial charge in [-0.25, -0.2) is 8.42 Å². The van der Waals surface area contributed by atoms with Crippen molar-refractivity contribution < 1.29 is 18.0 Å². The van der Waals surface area contributed by atoms with Gasteiger partial charge in [-0.3, -0.25) is 13.9 Å². The fourth-order valence-electron chi connectivity index (χ4n) is 5.08. The smallest absolute Gasteiger partial charge is 0.264 e. The van der Waals surface area contributed by atoms with Gasteiger partial charge in [-0.2, -0.15) is 0 Å². The highest BCUT2D eigenvalue weighted by atomic mass is 35.5. The first kappa shape index (κ1) is 32.1. The first-order valence-corrected chi connectivity index (χ1v) is 16.4. The molecule has 0 unspecified atom stereocenters. The van der Waals surface area contributed by atoms with Crippen LogP contribution in [0.2, 0.25) is 15.1 Å². The molecule has 1 aliphatic carbocycles. The fourth-order valence-corrected chi connectivity index (χ4v) is 7.21. The maximum Gasteiger partial charge on any atom is 0.264 e. The zero-order chi connectivity index (χ0) is 30.4. The molecular formula is C31H34Cl3N3O4S. The summed E-state index contributed by atoms with van der Waals surface area (Å²) < 4.78 is 29.0. The molecular weight excluding hydrogens is 617 g/mol. The Bertz CT molecular complexity index is 1530. The maximum atomic E-state index is 14.2. The summed E-state index contributed by atoms with van der Waals surface area (Å²) in [6.07, 6.45) is 4.97. The third kappa shape index (κ3) is 7.59. The minimum Gasteiger partial charge on any atom is -0.352 e. The molecule has 7 nitrogen and oxygen atoms in total. The number of rotatable bonds is 10. The Balaban J connectivity index is 1.72. The molecule has 1 N–H and O–H groups in total. The van der Waals surface area contributed by atoms with Crippen LogP contribution in [0.1, 0.15) is 50.2 Å². The molecule has 0 saturated heterocycles. The van der Waals surface area contributed by atoms with E-state index in [0.29, 0.717) is 26.2 Å². The third-order valence-corrected chi connectivity index (χ3v) is 10.4. The molecule has 1 fully saturated rings. The normalized spacial score (nSPS) is 14.7. The number of sulfonamides is 1. The molecule has 3 aromatic rings. The van der Waals surface area contributed by atoms with Crippen molar-refractivity contribution in [3.63, 3.8) is 0 Å². The Morgan fingerprint density at radius 1 is 0.929 bits per heavy atom. The van der Waals surface area contributed by atoms with Crippen molar-refractivity contribution in [1.29, 1.82) is 0 Å². The lowest BCUT2D eigenvalue weighted by molar-refractivity contribution is -0.139. The Hall–Kier alpha value is -2.78. The number of carbonyl (C=O) groups excluding carboxylic acids is 2. The largest absolute Gasteiger partial charge is 0.352 e.